The van der Waals surface area contributed by atoms with Crippen LogP contribution in [0.15, 0.2) is 22.7 Å². The highest BCUT2D eigenvalue weighted by atomic mass is 79.9. The smallest absolute Gasteiger partial charge is 0.102 e. The molecule has 1 fully saturated rings. The fourth-order valence-electron chi connectivity index (χ4n) is 2.71. The van der Waals surface area contributed by atoms with Gasteiger partial charge in [-0.1, -0.05) is 22.0 Å². The predicted molar refractivity (Wildman–Crippen MR) is 85.4 cm³/mol. The quantitative estimate of drug-likeness (QED) is 0.891. The molecule has 4 nitrogen and oxygen atoms in total. The van der Waals surface area contributed by atoms with Crippen LogP contribution in [0.5, 0.6) is 0 Å². The molecule has 2 rings (SSSR count). The van der Waals surface area contributed by atoms with Gasteiger partial charge < -0.3 is 19.7 Å². The lowest BCUT2D eigenvalue weighted by Gasteiger charge is -2.25. The fourth-order valence-corrected chi connectivity index (χ4v) is 3.05. The van der Waals surface area contributed by atoms with Crippen molar-refractivity contribution in [2.75, 3.05) is 39.3 Å². The topological polar surface area (TPSA) is 33.7 Å². The molecular formula is C15H23BrN2O2. The third kappa shape index (κ3) is 3.17. The van der Waals surface area contributed by atoms with Crippen molar-refractivity contribution in [3.05, 3.63) is 28.2 Å². The van der Waals surface area contributed by atoms with E-state index in [0.29, 0.717) is 6.04 Å². The zero-order chi connectivity index (χ0) is 14.7. The summed E-state index contributed by atoms with van der Waals surface area (Å²) >= 11 is 3.57. The molecule has 1 saturated heterocycles. The summed E-state index contributed by atoms with van der Waals surface area (Å²) in [5, 5.41) is 3.31. The molecule has 5 heteroatoms. The Morgan fingerprint density at radius 2 is 1.85 bits per heavy atom. The lowest BCUT2D eigenvalue weighted by Crippen LogP contribution is -2.27. The minimum atomic E-state index is 0.122. The Morgan fingerprint density at radius 1 is 1.25 bits per heavy atom. The second-order valence-electron chi connectivity index (χ2n) is 5.17. The van der Waals surface area contributed by atoms with Crippen molar-refractivity contribution in [3.63, 3.8) is 0 Å². The van der Waals surface area contributed by atoms with E-state index in [4.69, 9.17) is 9.47 Å². The van der Waals surface area contributed by atoms with Crippen molar-refractivity contribution in [2.45, 2.75) is 25.2 Å². The van der Waals surface area contributed by atoms with Gasteiger partial charge in [0, 0.05) is 43.5 Å². The number of nitrogens with zero attached hydrogens (tertiary/aromatic N) is 1. The first-order chi connectivity index (χ1) is 9.60. The van der Waals surface area contributed by atoms with Crippen LogP contribution in [0.4, 0.5) is 5.69 Å². The number of anilines is 1. The van der Waals surface area contributed by atoms with Gasteiger partial charge in [0.2, 0.25) is 0 Å². The van der Waals surface area contributed by atoms with Gasteiger partial charge in [-0.3, -0.25) is 0 Å². The van der Waals surface area contributed by atoms with Gasteiger partial charge in [-0.15, -0.1) is 0 Å². The molecule has 1 aliphatic rings. The van der Waals surface area contributed by atoms with Crippen LogP contribution in [-0.2, 0) is 9.47 Å². The molecule has 0 bridgehead atoms. The second-order valence-corrected chi connectivity index (χ2v) is 6.08. The van der Waals surface area contributed by atoms with Crippen molar-refractivity contribution in [2.24, 2.45) is 0 Å². The Balaban J connectivity index is 2.30. The second kappa shape index (κ2) is 6.89. The molecule has 0 amide bonds. The van der Waals surface area contributed by atoms with Crippen LogP contribution in [0.25, 0.3) is 0 Å². The van der Waals surface area contributed by atoms with Gasteiger partial charge in [-0.25, -0.2) is 0 Å². The number of rotatable bonds is 5. The van der Waals surface area contributed by atoms with Crippen molar-refractivity contribution >= 4 is 21.6 Å². The van der Waals surface area contributed by atoms with Gasteiger partial charge >= 0.3 is 0 Å². The summed E-state index contributed by atoms with van der Waals surface area (Å²) in [4.78, 5) is 2.34. The van der Waals surface area contributed by atoms with E-state index in [9.17, 15) is 0 Å². The molecule has 0 aromatic heterocycles. The van der Waals surface area contributed by atoms with E-state index < -0.39 is 0 Å². The van der Waals surface area contributed by atoms with Crippen LogP contribution < -0.4 is 10.2 Å². The summed E-state index contributed by atoms with van der Waals surface area (Å²) in [6, 6.07) is 6.74. The van der Waals surface area contributed by atoms with E-state index in [1.165, 1.54) is 11.3 Å². The van der Waals surface area contributed by atoms with Crippen LogP contribution in [0.2, 0.25) is 0 Å². The fraction of sp³-hybridized carbons (Fsp3) is 0.600. The average molecular weight is 343 g/mol. The molecule has 1 heterocycles. The van der Waals surface area contributed by atoms with E-state index in [2.05, 4.69) is 51.3 Å². The van der Waals surface area contributed by atoms with Crippen LogP contribution in [0.1, 0.15) is 18.5 Å². The maximum absolute atomic E-state index is 5.53. The summed E-state index contributed by atoms with van der Waals surface area (Å²) in [7, 11) is 5.48. The molecule has 3 unspecified atom stereocenters. The lowest BCUT2D eigenvalue weighted by molar-refractivity contribution is -0.00461. The van der Waals surface area contributed by atoms with E-state index in [-0.39, 0.29) is 12.2 Å². The van der Waals surface area contributed by atoms with E-state index in [0.717, 1.165) is 17.6 Å². The van der Waals surface area contributed by atoms with Crippen molar-refractivity contribution in [1.29, 1.82) is 0 Å². The van der Waals surface area contributed by atoms with Gasteiger partial charge in [-0.2, -0.15) is 0 Å². The van der Waals surface area contributed by atoms with Crippen LogP contribution in [0.3, 0.4) is 0 Å². The minimum absolute atomic E-state index is 0.122. The zero-order valence-corrected chi connectivity index (χ0v) is 14.1. The number of nitrogens with one attached hydrogen (secondary N) is 1. The summed E-state index contributed by atoms with van der Waals surface area (Å²) in [6.45, 7) is 3.88. The summed E-state index contributed by atoms with van der Waals surface area (Å²) in [5.41, 5.74) is 2.53. The van der Waals surface area contributed by atoms with E-state index >= 15 is 0 Å². The first kappa shape index (κ1) is 15.8. The van der Waals surface area contributed by atoms with Crippen LogP contribution in [0, 0.1) is 0 Å². The maximum atomic E-state index is 5.53. The van der Waals surface area contributed by atoms with Gasteiger partial charge in [0.15, 0.2) is 0 Å². The monoisotopic (exact) mass is 342 g/mol. The van der Waals surface area contributed by atoms with Gasteiger partial charge in [0.1, 0.15) is 12.2 Å². The molecule has 0 aliphatic carbocycles. The Hall–Kier alpha value is -0.620. The Morgan fingerprint density at radius 3 is 2.35 bits per heavy atom. The SMILES string of the molecule is CNC(C)c1ccc(Br)cc1N1CC(OC)C(OC)C1. The number of hydrogen-bond acceptors (Lipinski definition) is 4. The normalized spacial score (nSPS) is 24.1. The summed E-state index contributed by atoms with van der Waals surface area (Å²) in [5.74, 6) is 0. The Bertz CT molecular complexity index is 443. The molecular weight excluding hydrogens is 320 g/mol. The molecule has 1 N–H and O–H groups in total. The summed E-state index contributed by atoms with van der Waals surface area (Å²) in [6.07, 6.45) is 0.244. The van der Waals surface area contributed by atoms with Crippen molar-refractivity contribution in [3.8, 4) is 0 Å². The molecule has 0 spiro atoms. The number of benzene rings is 1. The first-order valence-electron chi connectivity index (χ1n) is 6.88. The van der Waals surface area contributed by atoms with Gasteiger partial charge in [0.05, 0.1) is 0 Å². The first-order valence-corrected chi connectivity index (χ1v) is 7.67. The van der Waals surface area contributed by atoms with E-state index in [1.54, 1.807) is 14.2 Å². The molecule has 1 aromatic carbocycles. The molecule has 1 aromatic rings. The van der Waals surface area contributed by atoms with Crippen LogP contribution >= 0.6 is 15.9 Å². The average Bonchev–Trinajstić information content (AvgIpc) is 2.89. The molecule has 0 radical (unpaired) electrons. The number of ether oxygens (including phenoxy) is 2. The molecule has 3 atom stereocenters. The summed E-state index contributed by atoms with van der Waals surface area (Å²) < 4.78 is 12.2. The minimum Gasteiger partial charge on any atom is -0.377 e. The van der Waals surface area contributed by atoms with Crippen molar-refractivity contribution < 1.29 is 9.47 Å². The molecule has 1 aliphatic heterocycles. The van der Waals surface area contributed by atoms with Gasteiger partial charge in [0.25, 0.3) is 0 Å². The highest BCUT2D eigenvalue weighted by Gasteiger charge is 2.34. The van der Waals surface area contributed by atoms with E-state index in [1.807, 2.05) is 7.05 Å². The standard InChI is InChI=1S/C15H23BrN2O2/c1-10(17-2)12-6-5-11(16)7-13(12)18-8-14(19-3)15(9-18)20-4/h5-7,10,14-15,17H,8-9H2,1-4H3. The number of methoxy groups -OCH3 is 2. The van der Waals surface area contributed by atoms with Crippen molar-refractivity contribution in [1.82, 2.24) is 5.32 Å². The number of hydrogen-bond donors (Lipinski definition) is 1. The maximum Gasteiger partial charge on any atom is 0.102 e. The number of halogens is 1. The predicted octanol–water partition coefficient (Wildman–Crippen LogP) is 2.58. The van der Waals surface area contributed by atoms with Crippen LogP contribution in [-0.4, -0.2) is 46.6 Å². The highest BCUT2D eigenvalue weighted by Crippen LogP contribution is 2.32. The third-order valence-corrected chi connectivity index (χ3v) is 4.55. The molecule has 0 saturated carbocycles. The lowest BCUT2D eigenvalue weighted by atomic mass is 10.1. The Kier molecular flexibility index (Phi) is 5.43. The molecule has 20 heavy (non-hydrogen) atoms. The third-order valence-electron chi connectivity index (χ3n) is 4.05. The highest BCUT2D eigenvalue weighted by molar-refractivity contribution is 9.10. The zero-order valence-electron chi connectivity index (χ0n) is 12.5. The largest absolute Gasteiger partial charge is 0.377 e. The van der Waals surface area contributed by atoms with Gasteiger partial charge in [-0.05, 0) is 31.7 Å². The molecule has 112 valence electrons. The Labute approximate surface area is 129 Å².